The summed E-state index contributed by atoms with van der Waals surface area (Å²) in [5.41, 5.74) is 1.43. The molecule has 0 bridgehead atoms. The lowest BCUT2D eigenvalue weighted by atomic mass is 10.3. The first-order valence-corrected chi connectivity index (χ1v) is 8.40. The molecule has 1 aromatic carbocycles. The number of anilines is 1. The van der Waals surface area contributed by atoms with Crippen molar-refractivity contribution in [2.45, 2.75) is 4.21 Å². The second-order valence-corrected chi connectivity index (χ2v) is 7.15. The Kier molecular flexibility index (Phi) is 4.41. The van der Waals surface area contributed by atoms with Crippen LogP contribution in [-0.4, -0.2) is 26.5 Å². The quantitative estimate of drug-likeness (QED) is 0.828. The Morgan fingerprint density at radius 1 is 1.40 bits per heavy atom. The average molecular weight is 377 g/mol. The fourth-order valence-corrected chi connectivity index (χ4v) is 4.12. The molecule has 20 heavy (non-hydrogen) atoms. The molecule has 2 aromatic rings. The number of hydrogen-bond acceptors (Lipinski definition) is 6. The number of nitrogens with zero attached hydrogens (tertiary/aromatic N) is 1. The van der Waals surface area contributed by atoms with Crippen LogP contribution in [0.2, 0.25) is 0 Å². The number of benzene rings is 1. The van der Waals surface area contributed by atoms with Gasteiger partial charge < -0.3 is 4.74 Å². The number of nitrogens with one attached hydrogen (secondary N) is 1. The Morgan fingerprint density at radius 3 is 2.75 bits per heavy atom. The van der Waals surface area contributed by atoms with Crippen LogP contribution in [-0.2, 0) is 14.8 Å². The fraction of sp³-hybridized carbons (Fsp3) is 0.0909. The number of hydrogen-bond donors (Lipinski definition) is 1. The predicted molar refractivity (Wildman–Crippen MR) is 78.4 cm³/mol. The Balaban J connectivity index is 2.40. The van der Waals surface area contributed by atoms with Gasteiger partial charge >= 0.3 is 5.97 Å². The molecule has 0 amide bonds. The normalized spacial score (nSPS) is 11.1. The minimum Gasteiger partial charge on any atom is -0.464 e. The van der Waals surface area contributed by atoms with E-state index in [4.69, 9.17) is 0 Å². The van der Waals surface area contributed by atoms with Gasteiger partial charge in [-0.2, -0.15) is 0 Å². The number of ether oxygens (including phenoxy) is 1. The molecule has 0 radical (unpaired) electrons. The third-order valence-corrected chi connectivity index (χ3v) is 5.70. The van der Waals surface area contributed by atoms with Gasteiger partial charge in [0.05, 0.1) is 18.3 Å². The molecule has 2 rings (SSSR count). The summed E-state index contributed by atoms with van der Waals surface area (Å²) in [6.45, 7) is 0. The number of esters is 1. The Morgan fingerprint density at radius 2 is 2.10 bits per heavy atom. The van der Waals surface area contributed by atoms with Crippen molar-refractivity contribution < 1.29 is 17.9 Å². The van der Waals surface area contributed by atoms with E-state index < -0.39 is 16.0 Å². The van der Waals surface area contributed by atoms with E-state index >= 15 is 0 Å². The highest BCUT2D eigenvalue weighted by atomic mass is 79.9. The van der Waals surface area contributed by atoms with Crippen molar-refractivity contribution in [2.24, 2.45) is 0 Å². The molecule has 0 saturated heterocycles. The standard InChI is InChI=1S/C11H9BrN2O4S2/c1-18-10(15)9-11(19-6-13-9)20(16,17)14-8-5-3-2-4-7(8)12/h2-6,14H,1H3. The molecule has 0 aliphatic heterocycles. The highest BCUT2D eigenvalue weighted by molar-refractivity contribution is 9.10. The second kappa shape index (κ2) is 5.90. The molecule has 0 saturated carbocycles. The van der Waals surface area contributed by atoms with Crippen molar-refractivity contribution in [1.82, 2.24) is 4.98 Å². The van der Waals surface area contributed by atoms with Crippen LogP contribution in [0.25, 0.3) is 0 Å². The largest absolute Gasteiger partial charge is 0.464 e. The number of thiazole rings is 1. The lowest BCUT2D eigenvalue weighted by molar-refractivity contribution is 0.0590. The van der Waals surface area contributed by atoms with E-state index in [-0.39, 0.29) is 9.90 Å². The molecule has 6 nitrogen and oxygen atoms in total. The Bertz CT molecular complexity index is 742. The van der Waals surface area contributed by atoms with Crippen molar-refractivity contribution in [2.75, 3.05) is 11.8 Å². The molecule has 1 N–H and O–H groups in total. The van der Waals surface area contributed by atoms with Crippen molar-refractivity contribution in [3.8, 4) is 0 Å². The maximum Gasteiger partial charge on any atom is 0.358 e. The van der Waals surface area contributed by atoms with Crippen LogP contribution >= 0.6 is 27.3 Å². The second-order valence-electron chi connectivity index (χ2n) is 3.57. The zero-order valence-electron chi connectivity index (χ0n) is 10.2. The molecule has 0 atom stereocenters. The zero-order valence-corrected chi connectivity index (χ0v) is 13.4. The van der Waals surface area contributed by atoms with Crippen LogP contribution in [0, 0.1) is 0 Å². The predicted octanol–water partition coefficient (Wildman–Crippen LogP) is 2.49. The minimum atomic E-state index is -3.90. The number of sulfonamides is 1. The van der Waals surface area contributed by atoms with E-state index in [0.29, 0.717) is 10.2 Å². The van der Waals surface area contributed by atoms with Crippen molar-refractivity contribution in [3.05, 3.63) is 39.9 Å². The van der Waals surface area contributed by atoms with Gasteiger partial charge in [-0.05, 0) is 28.1 Å². The third kappa shape index (κ3) is 3.00. The first-order valence-electron chi connectivity index (χ1n) is 5.25. The van der Waals surface area contributed by atoms with Gasteiger partial charge in [-0.1, -0.05) is 12.1 Å². The van der Waals surface area contributed by atoms with Crippen LogP contribution < -0.4 is 4.72 Å². The van der Waals surface area contributed by atoms with Gasteiger partial charge in [0, 0.05) is 4.47 Å². The van der Waals surface area contributed by atoms with Gasteiger partial charge in [0.2, 0.25) is 0 Å². The molecule has 0 spiro atoms. The zero-order chi connectivity index (χ0) is 14.8. The number of rotatable bonds is 4. The topological polar surface area (TPSA) is 85.4 Å². The van der Waals surface area contributed by atoms with E-state index in [2.05, 4.69) is 30.4 Å². The van der Waals surface area contributed by atoms with Crippen LogP contribution in [0.4, 0.5) is 5.69 Å². The first-order chi connectivity index (χ1) is 9.45. The van der Waals surface area contributed by atoms with E-state index in [1.54, 1.807) is 24.3 Å². The molecule has 1 heterocycles. The van der Waals surface area contributed by atoms with Gasteiger partial charge in [0.15, 0.2) is 9.90 Å². The van der Waals surface area contributed by atoms with E-state index in [0.717, 1.165) is 11.3 Å². The maximum absolute atomic E-state index is 12.3. The Labute approximate surface area is 128 Å². The summed E-state index contributed by atoms with van der Waals surface area (Å²) < 4.78 is 31.9. The molecule has 0 unspecified atom stereocenters. The van der Waals surface area contributed by atoms with Crippen LogP contribution in [0.5, 0.6) is 0 Å². The van der Waals surface area contributed by atoms with Gasteiger partial charge in [0.1, 0.15) is 0 Å². The molecular formula is C11H9BrN2O4S2. The van der Waals surface area contributed by atoms with Gasteiger partial charge in [0.25, 0.3) is 10.0 Å². The van der Waals surface area contributed by atoms with Crippen LogP contribution in [0.15, 0.2) is 38.5 Å². The first kappa shape index (κ1) is 14.9. The summed E-state index contributed by atoms with van der Waals surface area (Å²) in [6.07, 6.45) is 0. The highest BCUT2D eigenvalue weighted by Crippen LogP contribution is 2.27. The SMILES string of the molecule is COC(=O)c1ncsc1S(=O)(=O)Nc1ccccc1Br. The monoisotopic (exact) mass is 376 g/mol. The molecule has 9 heteroatoms. The highest BCUT2D eigenvalue weighted by Gasteiger charge is 2.27. The molecular weight excluding hydrogens is 368 g/mol. The van der Waals surface area contributed by atoms with E-state index in [1.807, 2.05) is 0 Å². The lowest BCUT2D eigenvalue weighted by Gasteiger charge is -2.08. The minimum absolute atomic E-state index is 0.180. The van der Waals surface area contributed by atoms with E-state index in [1.165, 1.54) is 12.6 Å². The Hall–Kier alpha value is -1.45. The van der Waals surface area contributed by atoms with Crippen molar-refractivity contribution in [1.29, 1.82) is 0 Å². The van der Waals surface area contributed by atoms with Crippen LogP contribution in [0.3, 0.4) is 0 Å². The average Bonchev–Trinajstić information content (AvgIpc) is 2.90. The number of methoxy groups -OCH3 is 1. The van der Waals surface area contributed by atoms with E-state index in [9.17, 15) is 13.2 Å². The molecule has 0 aliphatic rings. The fourth-order valence-electron chi connectivity index (χ4n) is 1.39. The number of halogens is 1. The van der Waals surface area contributed by atoms with Gasteiger partial charge in [-0.3, -0.25) is 4.72 Å². The maximum atomic E-state index is 12.3. The lowest BCUT2D eigenvalue weighted by Crippen LogP contribution is -2.16. The number of carbonyl (C=O) groups excluding carboxylic acids is 1. The van der Waals surface area contributed by atoms with Crippen LogP contribution in [0.1, 0.15) is 10.5 Å². The summed E-state index contributed by atoms with van der Waals surface area (Å²) in [4.78, 5) is 15.2. The summed E-state index contributed by atoms with van der Waals surface area (Å²) in [5, 5.41) is 0. The molecule has 1 aromatic heterocycles. The molecule has 106 valence electrons. The number of carbonyl (C=O) groups is 1. The summed E-state index contributed by atoms with van der Waals surface area (Å²) in [6, 6.07) is 6.75. The summed E-state index contributed by atoms with van der Waals surface area (Å²) in [7, 11) is -2.74. The van der Waals surface area contributed by atoms with Gasteiger partial charge in [-0.15, -0.1) is 11.3 Å². The summed E-state index contributed by atoms with van der Waals surface area (Å²) in [5.74, 6) is -0.793. The molecule has 0 fully saturated rings. The van der Waals surface area contributed by atoms with Crippen molar-refractivity contribution in [3.63, 3.8) is 0 Å². The number of aromatic nitrogens is 1. The van der Waals surface area contributed by atoms with Crippen molar-refractivity contribution >= 4 is 48.9 Å². The number of para-hydroxylation sites is 1. The molecule has 0 aliphatic carbocycles. The third-order valence-electron chi connectivity index (χ3n) is 2.28. The smallest absolute Gasteiger partial charge is 0.358 e. The summed E-state index contributed by atoms with van der Waals surface area (Å²) >= 11 is 4.09. The van der Waals surface area contributed by atoms with Gasteiger partial charge in [-0.25, -0.2) is 18.2 Å².